The van der Waals surface area contributed by atoms with Gasteiger partial charge in [0.1, 0.15) is 11.6 Å². The fourth-order valence-corrected chi connectivity index (χ4v) is 6.47. The Hall–Kier alpha value is -1.45. The molecule has 8 nitrogen and oxygen atoms in total. The van der Waals surface area contributed by atoms with E-state index in [1.807, 2.05) is 13.8 Å². The van der Waals surface area contributed by atoms with Crippen LogP contribution in [0.4, 0.5) is 0 Å². The summed E-state index contributed by atoms with van der Waals surface area (Å²) < 4.78 is 6.26. The number of hydrogen-bond acceptors (Lipinski definition) is 5. The molecule has 0 aromatic rings. The van der Waals surface area contributed by atoms with Crippen LogP contribution < -0.4 is 0 Å². The Bertz CT molecular complexity index is 731. The summed E-state index contributed by atoms with van der Waals surface area (Å²) in [6.45, 7) is 8.41. The quantitative estimate of drug-likeness (QED) is 0.254. The number of fused-ring (bicyclic) bond motifs is 1. The van der Waals surface area contributed by atoms with Gasteiger partial charge in [-0.25, -0.2) is 0 Å². The molecule has 3 heterocycles. The first kappa shape index (κ1) is 24.2. The predicted molar refractivity (Wildman–Crippen MR) is 118 cm³/mol. The van der Waals surface area contributed by atoms with E-state index in [1.54, 1.807) is 15.9 Å². The van der Waals surface area contributed by atoms with Gasteiger partial charge in [0.05, 0.1) is 17.9 Å². The van der Waals surface area contributed by atoms with Gasteiger partial charge in [-0.2, -0.15) is 0 Å². The Balaban J connectivity index is 1.96. The summed E-state index contributed by atoms with van der Waals surface area (Å²) in [5.74, 6) is -3.39. The second-order valence-corrected chi connectivity index (χ2v) is 10.2. The van der Waals surface area contributed by atoms with E-state index < -0.39 is 35.6 Å². The SMILES string of the molecule is C=CCN(C(=O)C1N(CCCCCCO)C(=O)[C@@H]2[C@H](C(=O)O)[C@H]3OC12CC3Br)C(C)C. The van der Waals surface area contributed by atoms with Crippen LogP contribution in [0, 0.1) is 11.8 Å². The van der Waals surface area contributed by atoms with E-state index in [2.05, 4.69) is 22.5 Å². The summed E-state index contributed by atoms with van der Waals surface area (Å²) in [5.41, 5.74) is -1.13. The molecule has 2 amide bonds. The number of aliphatic hydroxyl groups is 1. The molecule has 6 atom stereocenters. The maximum atomic E-state index is 13.8. The summed E-state index contributed by atoms with van der Waals surface area (Å²) in [5, 5.41) is 18.9. The number of aliphatic carboxylic acids is 1. The highest BCUT2D eigenvalue weighted by Gasteiger charge is 2.76. The van der Waals surface area contributed by atoms with Gasteiger partial charge in [-0.3, -0.25) is 14.4 Å². The lowest BCUT2D eigenvalue weighted by atomic mass is 9.70. The largest absolute Gasteiger partial charge is 0.481 e. The van der Waals surface area contributed by atoms with Gasteiger partial charge in [0.25, 0.3) is 0 Å². The van der Waals surface area contributed by atoms with Gasteiger partial charge >= 0.3 is 5.97 Å². The molecule has 3 fully saturated rings. The van der Waals surface area contributed by atoms with Crippen molar-refractivity contribution >= 4 is 33.7 Å². The van der Waals surface area contributed by atoms with E-state index in [0.717, 1.165) is 12.8 Å². The highest BCUT2D eigenvalue weighted by atomic mass is 79.9. The maximum absolute atomic E-state index is 13.8. The molecule has 3 unspecified atom stereocenters. The van der Waals surface area contributed by atoms with Crippen LogP contribution in [-0.4, -0.2) is 86.1 Å². The third kappa shape index (κ3) is 4.04. The van der Waals surface area contributed by atoms with E-state index >= 15 is 0 Å². The summed E-state index contributed by atoms with van der Waals surface area (Å²) in [7, 11) is 0. The highest BCUT2D eigenvalue weighted by molar-refractivity contribution is 9.09. The van der Waals surface area contributed by atoms with Crippen molar-refractivity contribution in [3.63, 3.8) is 0 Å². The Morgan fingerprint density at radius 3 is 2.61 bits per heavy atom. The summed E-state index contributed by atoms with van der Waals surface area (Å²) >= 11 is 3.55. The molecule has 1 spiro atoms. The van der Waals surface area contributed by atoms with Gasteiger partial charge in [-0.1, -0.05) is 34.8 Å². The zero-order valence-electron chi connectivity index (χ0n) is 18.2. The summed E-state index contributed by atoms with van der Waals surface area (Å²) in [4.78, 5) is 42.4. The Morgan fingerprint density at radius 2 is 2.03 bits per heavy atom. The molecule has 3 aliphatic rings. The number of hydrogen-bond donors (Lipinski definition) is 2. The molecule has 9 heteroatoms. The van der Waals surface area contributed by atoms with E-state index in [-0.39, 0.29) is 29.3 Å². The minimum Gasteiger partial charge on any atom is -0.481 e. The van der Waals surface area contributed by atoms with Crippen molar-refractivity contribution in [1.29, 1.82) is 0 Å². The summed E-state index contributed by atoms with van der Waals surface area (Å²) in [6, 6.07) is -0.948. The number of amides is 2. The molecule has 2 bridgehead atoms. The first-order chi connectivity index (χ1) is 14.7. The lowest BCUT2D eigenvalue weighted by molar-refractivity contribution is -0.151. The average Bonchev–Trinajstić information content (AvgIpc) is 3.29. The molecule has 3 saturated heterocycles. The van der Waals surface area contributed by atoms with Gasteiger partial charge in [-0.15, -0.1) is 6.58 Å². The fourth-order valence-electron chi connectivity index (χ4n) is 5.53. The van der Waals surface area contributed by atoms with Crippen molar-refractivity contribution < 1.29 is 29.3 Å². The van der Waals surface area contributed by atoms with E-state index in [1.165, 1.54) is 0 Å². The van der Waals surface area contributed by atoms with E-state index in [0.29, 0.717) is 32.4 Å². The molecule has 3 aliphatic heterocycles. The first-order valence-electron chi connectivity index (χ1n) is 11.1. The fraction of sp³-hybridized carbons (Fsp3) is 0.773. The van der Waals surface area contributed by atoms with Crippen LogP contribution in [0.3, 0.4) is 0 Å². The number of likely N-dealkylation sites (tertiary alicyclic amines) is 1. The van der Waals surface area contributed by atoms with Crippen LogP contribution >= 0.6 is 15.9 Å². The number of ether oxygens (including phenoxy) is 1. The van der Waals surface area contributed by atoms with Crippen molar-refractivity contribution in [1.82, 2.24) is 9.80 Å². The molecule has 0 aromatic carbocycles. The van der Waals surface area contributed by atoms with Gasteiger partial charge in [0, 0.05) is 30.6 Å². The molecular formula is C22H33BrN2O6. The minimum absolute atomic E-state index is 0.101. The van der Waals surface area contributed by atoms with Crippen molar-refractivity contribution in [2.45, 2.75) is 74.6 Å². The van der Waals surface area contributed by atoms with Crippen LogP contribution in [0.2, 0.25) is 0 Å². The van der Waals surface area contributed by atoms with E-state index in [9.17, 15) is 19.5 Å². The zero-order valence-corrected chi connectivity index (χ0v) is 19.8. The number of halogens is 1. The number of unbranched alkanes of at least 4 members (excludes halogenated alkanes) is 3. The number of nitrogens with zero attached hydrogens (tertiary/aromatic N) is 2. The molecule has 0 aliphatic carbocycles. The molecule has 2 N–H and O–H groups in total. The Labute approximate surface area is 191 Å². The van der Waals surface area contributed by atoms with Gasteiger partial charge in [0.2, 0.25) is 11.8 Å². The monoisotopic (exact) mass is 500 g/mol. The second-order valence-electron chi connectivity index (χ2n) is 9.04. The minimum atomic E-state index is -1.13. The van der Waals surface area contributed by atoms with Crippen molar-refractivity contribution in [3.8, 4) is 0 Å². The maximum Gasteiger partial charge on any atom is 0.310 e. The number of rotatable bonds is 11. The Morgan fingerprint density at radius 1 is 1.35 bits per heavy atom. The van der Waals surface area contributed by atoms with E-state index in [4.69, 9.17) is 9.84 Å². The van der Waals surface area contributed by atoms with Gasteiger partial charge in [-0.05, 0) is 33.1 Å². The number of carbonyl (C=O) groups is 3. The third-order valence-electron chi connectivity index (χ3n) is 6.85. The zero-order chi connectivity index (χ0) is 22.9. The molecule has 174 valence electrons. The molecule has 0 radical (unpaired) electrons. The first-order valence-corrected chi connectivity index (χ1v) is 12.0. The standard InChI is InChI=1S/C22H33BrN2O6/c1-4-9-24(13(2)3)20(28)18-22-12-14(23)17(31-22)15(21(29)30)16(22)19(27)25(18)10-7-5-6-8-11-26/h4,13-18,26H,1,5-12H2,2-3H3,(H,29,30)/t14?,15-,16-,17-,18?,22?/m0/s1. The van der Waals surface area contributed by atoms with Gasteiger partial charge in [0.15, 0.2) is 0 Å². The number of carbonyl (C=O) groups excluding carboxylic acids is 2. The van der Waals surface area contributed by atoms with Crippen LogP contribution in [0.25, 0.3) is 0 Å². The van der Waals surface area contributed by atoms with Gasteiger partial charge < -0.3 is 24.7 Å². The normalized spacial score (nSPS) is 33.8. The number of carboxylic acids is 1. The Kier molecular flexibility index (Phi) is 7.48. The van der Waals surface area contributed by atoms with Crippen molar-refractivity contribution in [2.75, 3.05) is 19.7 Å². The smallest absolute Gasteiger partial charge is 0.310 e. The topological polar surface area (TPSA) is 107 Å². The van der Waals surface area contributed by atoms with Crippen molar-refractivity contribution in [2.24, 2.45) is 11.8 Å². The molecule has 0 saturated carbocycles. The van der Waals surface area contributed by atoms with Crippen LogP contribution in [0.1, 0.15) is 46.0 Å². The number of alkyl halides is 1. The predicted octanol–water partition coefficient (Wildman–Crippen LogP) is 1.79. The molecular weight excluding hydrogens is 468 g/mol. The molecule has 31 heavy (non-hydrogen) atoms. The average molecular weight is 501 g/mol. The van der Waals surface area contributed by atoms with Crippen molar-refractivity contribution in [3.05, 3.63) is 12.7 Å². The summed E-state index contributed by atoms with van der Waals surface area (Å²) in [6.07, 6.45) is 4.48. The van der Waals surface area contributed by atoms with Crippen LogP contribution in [0.5, 0.6) is 0 Å². The lowest BCUT2D eigenvalue weighted by Crippen LogP contribution is -2.58. The number of aliphatic hydroxyl groups excluding tert-OH is 1. The van der Waals surface area contributed by atoms with Crippen LogP contribution in [0.15, 0.2) is 12.7 Å². The van der Waals surface area contributed by atoms with Crippen LogP contribution in [-0.2, 0) is 19.1 Å². The number of carboxylic acid groups (broad SMARTS) is 1. The highest BCUT2D eigenvalue weighted by Crippen LogP contribution is 2.60. The second kappa shape index (κ2) is 9.58. The lowest BCUT2D eigenvalue weighted by Gasteiger charge is -2.38. The molecule has 0 aromatic heterocycles. The third-order valence-corrected chi connectivity index (χ3v) is 7.69. The molecule has 3 rings (SSSR count).